The second-order valence-corrected chi connectivity index (χ2v) is 6.23. The molecule has 25 heavy (non-hydrogen) atoms. The van der Waals surface area contributed by atoms with E-state index in [4.69, 9.17) is 0 Å². The number of halogens is 1. The van der Waals surface area contributed by atoms with Crippen LogP contribution in [-0.4, -0.2) is 23.8 Å². The third-order valence-electron chi connectivity index (χ3n) is 3.75. The number of nitrogens with one attached hydrogen (secondary N) is 3. The van der Waals surface area contributed by atoms with Gasteiger partial charge >= 0.3 is 6.03 Å². The van der Waals surface area contributed by atoms with Gasteiger partial charge in [0.1, 0.15) is 0 Å². The van der Waals surface area contributed by atoms with Crippen molar-refractivity contribution in [2.24, 2.45) is 0 Å². The van der Waals surface area contributed by atoms with E-state index in [1.165, 1.54) is 12.1 Å². The summed E-state index contributed by atoms with van der Waals surface area (Å²) in [5.41, 5.74) is -1.54. The van der Waals surface area contributed by atoms with E-state index in [-0.39, 0.29) is 11.1 Å². The molecule has 1 aliphatic rings. The number of barbiturate groups is 1. The number of carbonyl (C=O) groups is 4. The molecule has 1 saturated heterocycles. The highest BCUT2D eigenvalue weighted by Crippen LogP contribution is 2.25. The molecule has 1 fully saturated rings. The molecule has 126 valence electrons. The van der Waals surface area contributed by atoms with E-state index in [2.05, 4.69) is 21.2 Å². The Bertz CT molecular complexity index is 845. The Morgan fingerprint density at radius 2 is 1.44 bits per heavy atom. The third kappa shape index (κ3) is 3.03. The molecule has 0 atom stereocenters. The van der Waals surface area contributed by atoms with Crippen LogP contribution in [-0.2, 0) is 15.1 Å². The first-order chi connectivity index (χ1) is 11.9. The van der Waals surface area contributed by atoms with Crippen molar-refractivity contribution in [2.45, 2.75) is 5.54 Å². The molecule has 0 aromatic heterocycles. The van der Waals surface area contributed by atoms with Crippen LogP contribution >= 0.6 is 15.9 Å². The van der Waals surface area contributed by atoms with Crippen molar-refractivity contribution in [3.63, 3.8) is 0 Å². The van der Waals surface area contributed by atoms with Crippen LogP contribution in [0.25, 0.3) is 0 Å². The first-order valence-corrected chi connectivity index (χ1v) is 8.03. The molecule has 0 aliphatic carbocycles. The zero-order chi connectivity index (χ0) is 18.0. The molecule has 8 heteroatoms. The lowest BCUT2D eigenvalue weighted by Crippen LogP contribution is -2.71. The van der Waals surface area contributed by atoms with Crippen LogP contribution in [0.15, 0.2) is 59.1 Å². The Labute approximate surface area is 150 Å². The van der Waals surface area contributed by atoms with Gasteiger partial charge in [0.05, 0.1) is 0 Å². The Hall–Kier alpha value is -3.00. The van der Waals surface area contributed by atoms with Gasteiger partial charge in [0.15, 0.2) is 0 Å². The van der Waals surface area contributed by atoms with E-state index >= 15 is 0 Å². The number of hydrogen-bond acceptors (Lipinski definition) is 4. The maximum atomic E-state index is 12.6. The van der Waals surface area contributed by atoms with Gasteiger partial charge in [-0.1, -0.05) is 46.3 Å². The predicted molar refractivity (Wildman–Crippen MR) is 91.4 cm³/mol. The highest BCUT2D eigenvalue weighted by atomic mass is 79.9. The minimum absolute atomic E-state index is 0.239. The number of carbonyl (C=O) groups excluding carboxylic acids is 4. The average molecular weight is 402 g/mol. The minimum atomic E-state index is -2.04. The van der Waals surface area contributed by atoms with Gasteiger partial charge in [0.2, 0.25) is 5.54 Å². The summed E-state index contributed by atoms with van der Waals surface area (Å²) in [6.07, 6.45) is 0. The Morgan fingerprint density at radius 1 is 0.880 bits per heavy atom. The fourth-order valence-electron chi connectivity index (χ4n) is 2.51. The lowest BCUT2D eigenvalue weighted by molar-refractivity contribution is -0.139. The van der Waals surface area contributed by atoms with Gasteiger partial charge in [0, 0.05) is 10.0 Å². The largest absolute Gasteiger partial charge is 0.328 e. The van der Waals surface area contributed by atoms with E-state index in [1.807, 2.05) is 10.6 Å². The number of urea groups is 1. The van der Waals surface area contributed by atoms with Crippen LogP contribution in [0.2, 0.25) is 0 Å². The topological polar surface area (TPSA) is 104 Å². The molecule has 7 nitrogen and oxygen atoms in total. The lowest BCUT2D eigenvalue weighted by atomic mass is 9.86. The molecule has 0 unspecified atom stereocenters. The van der Waals surface area contributed by atoms with Crippen molar-refractivity contribution in [1.29, 1.82) is 0 Å². The molecule has 0 radical (unpaired) electrons. The van der Waals surface area contributed by atoms with Gasteiger partial charge < -0.3 is 5.32 Å². The standard InChI is InChI=1S/C17H12BrN3O4/c18-12-8-6-10(7-9-12)13(22)21-17(11-4-2-1-3-5-11)14(23)19-16(25)20-15(17)24/h1-9H,(H,21,22)(H2,19,20,23,24,25). The maximum absolute atomic E-state index is 12.6. The van der Waals surface area contributed by atoms with Crippen molar-refractivity contribution in [2.75, 3.05) is 0 Å². The SMILES string of the molecule is O=C1NC(=O)C(NC(=O)c2ccc(Br)cc2)(c2ccccc2)C(=O)N1. The second kappa shape index (κ2) is 6.48. The Morgan fingerprint density at radius 3 is 2.00 bits per heavy atom. The van der Waals surface area contributed by atoms with Crippen LogP contribution in [0, 0.1) is 0 Å². The number of amides is 5. The van der Waals surface area contributed by atoms with Crippen molar-refractivity contribution in [3.8, 4) is 0 Å². The molecule has 0 saturated carbocycles. The number of rotatable bonds is 3. The zero-order valence-corrected chi connectivity index (χ0v) is 14.3. The van der Waals surface area contributed by atoms with Gasteiger partial charge in [-0.05, 0) is 29.8 Å². The summed E-state index contributed by atoms with van der Waals surface area (Å²) in [5.74, 6) is -2.47. The maximum Gasteiger partial charge on any atom is 0.328 e. The predicted octanol–water partition coefficient (Wildman–Crippen LogP) is 1.44. The van der Waals surface area contributed by atoms with Crippen LogP contribution in [0.1, 0.15) is 15.9 Å². The van der Waals surface area contributed by atoms with E-state index in [1.54, 1.807) is 42.5 Å². The molecule has 2 aromatic rings. The highest BCUT2D eigenvalue weighted by Gasteiger charge is 2.53. The first kappa shape index (κ1) is 16.8. The molecule has 1 heterocycles. The first-order valence-electron chi connectivity index (χ1n) is 7.24. The van der Waals surface area contributed by atoms with Crippen LogP contribution < -0.4 is 16.0 Å². The van der Waals surface area contributed by atoms with Crippen molar-refractivity contribution >= 4 is 39.7 Å². The number of hydrogen-bond donors (Lipinski definition) is 3. The fraction of sp³-hybridized carbons (Fsp3) is 0.0588. The van der Waals surface area contributed by atoms with Gasteiger partial charge in [0.25, 0.3) is 17.7 Å². The van der Waals surface area contributed by atoms with E-state index in [0.29, 0.717) is 0 Å². The van der Waals surface area contributed by atoms with E-state index in [0.717, 1.165) is 4.47 Å². The molecule has 0 spiro atoms. The molecule has 3 rings (SSSR count). The summed E-state index contributed by atoms with van der Waals surface area (Å²) in [6.45, 7) is 0. The molecule has 5 amide bonds. The van der Waals surface area contributed by atoms with E-state index < -0.39 is 29.3 Å². The van der Waals surface area contributed by atoms with Gasteiger partial charge in [-0.15, -0.1) is 0 Å². The van der Waals surface area contributed by atoms with Crippen LogP contribution in [0.5, 0.6) is 0 Å². The number of imide groups is 2. The van der Waals surface area contributed by atoms with Crippen LogP contribution in [0.4, 0.5) is 4.79 Å². The van der Waals surface area contributed by atoms with Crippen molar-refractivity contribution in [1.82, 2.24) is 16.0 Å². The fourth-order valence-corrected chi connectivity index (χ4v) is 2.77. The molecule has 2 aromatic carbocycles. The summed E-state index contributed by atoms with van der Waals surface area (Å²) >= 11 is 3.27. The van der Waals surface area contributed by atoms with Gasteiger partial charge in [-0.2, -0.15) is 0 Å². The quantitative estimate of drug-likeness (QED) is 0.676. The molecular formula is C17H12BrN3O4. The monoisotopic (exact) mass is 401 g/mol. The van der Waals surface area contributed by atoms with Gasteiger partial charge in [-0.25, -0.2) is 4.79 Å². The lowest BCUT2D eigenvalue weighted by Gasteiger charge is -2.34. The van der Waals surface area contributed by atoms with Gasteiger partial charge in [-0.3, -0.25) is 25.0 Å². The summed E-state index contributed by atoms with van der Waals surface area (Å²) in [6, 6.07) is 13.5. The summed E-state index contributed by atoms with van der Waals surface area (Å²) in [4.78, 5) is 49.1. The third-order valence-corrected chi connectivity index (χ3v) is 4.28. The van der Waals surface area contributed by atoms with Crippen molar-refractivity contribution in [3.05, 3.63) is 70.2 Å². The summed E-state index contributed by atoms with van der Waals surface area (Å²) in [5, 5.41) is 6.54. The van der Waals surface area contributed by atoms with Crippen molar-refractivity contribution < 1.29 is 19.2 Å². The Balaban J connectivity index is 2.05. The zero-order valence-electron chi connectivity index (χ0n) is 12.7. The molecule has 1 aliphatic heterocycles. The summed E-state index contributed by atoms with van der Waals surface area (Å²) < 4.78 is 0.778. The van der Waals surface area contributed by atoms with E-state index in [9.17, 15) is 19.2 Å². The minimum Gasteiger partial charge on any atom is -0.326 e. The smallest absolute Gasteiger partial charge is 0.326 e. The molecule has 0 bridgehead atoms. The highest BCUT2D eigenvalue weighted by molar-refractivity contribution is 9.10. The molecule has 3 N–H and O–H groups in total. The number of benzene rings is 2. The average Bonchev–Trinajstić information content (AvgIpc) is 2.59. The molecular weight excluding hydrogens is 390 g/mol. The normalized spacial score (nSPS) is 16.0. The summed E-state index contributed by atoms with van der Waals surface area (Å²) in [7, 11) is 0. The Kier molecular flexibility index (Phi) is 4.37. The second-order valence-electron chi connectivity index (χ2n) is 5.31. The van der Waals surface area contributed by atoms with Crippen LogP contribution in [0.3, 0.4) is 0 Å².